The zero-order valence-corrected chi connectivity index (χ0v) is 5.05. The van der Waals surface area contributed by atoms with Crippen LogP contribution >= 0.6 is 0 Å². The van der Waals surface area contributed by atoms with Crippen molar-refractivity contribution in [2.45, 2.75) is 12.5 Å². The van der Waals surface area contributed by atoms with Gasteiger partial charge in [-0.1, -0.05) is 0 Å². The number of fused-ring (bicyclic) bond motifs is 1. The molecule has 0 amide bonds. The van der Waals surface area contributed by atoms with Crippen LogP contribution in [0.15, 0.2) is 0 Å². The normalized spacial score (nSPS) is 57.8. The Balaban J connectivity index is 1.91. The Labute approximate surface area is 49.0 Å². The molecule has 3 atom stereocenters. The molecule has 46 valence electrons. The summed E-state index contributed by atoms with van der Waals surface area (Å²) in [5.41, 5.74) is 6.14. The van der Waals surface area contributed by atoms with Gasteiger partial charge in [0.2, 0.25) is 0 Å². The lowest BCUT2D eigenvalue weighted by atomic mass is 10.2. The Morgan fingerprint density at radius 3 is 2.62 bits per heavy atom. The fourth-order valence-electron chi connectivity index (χ4n) is 1.60. The zero-order valence-electron chi connectivity index (χ0n) is 5.05. The Morgan fingerprint density at radius 1 is 1.88 bits per heavy atom. The monoisotopic (exact) mass is 113 g/mol. The van der Waals surface area contributed by atoms with Crippen LogP contribution in [0, 0.1) is 11.3 Å². The molecule has 3 unspecified atom stereocenters. The molecular weight excluding hydrogens is 102 g/mol. The highest BCUT2D eigenvalue weighted by atomic mass is 16.5. The minimum absolute atomic E-state index is 0.481. The van der Waals surface area contributed by atoms with E-state index in [9.17, 15) is 0 Å². The van der Waals surface area contributed by atoms with Crippen molar-refractivity contribution in [1.29, 1.82) is 0 Å². The third kappa shape index (κ3) is 0.327. The third-order valence-electron chi connectivity index (χ3n) is 2.58. The van der Waals surface area contributed by atoms with Gasteiger partial charge in [0, 0.05) is 18.6 Å². The molecule has 0 saturated heterocycles. The molecule has 2 rings (SSSR count). The first-order valence-corrected chi connectivity index (χ1v) is 3.06. The van der Waals surface area contributed by atoms with Gasteiger partial charge in [-0.25, -0.2) is 0 Å². The molecule has 0 radical (unpaired) electrons. The summed E-state index contributed by atoms with van der Waals surface area (Å²) < 4.78 is 5.00. The molecule has 2 saturated carbocycles. The van der Waals surface area contributed by atoms with E-state index in [1.807, 2.05) is 0 Å². The third-order valence-corrected chi connectivity index (χ3v) is 2.58. The highest BCUT2D eigenvalue weighted by Gasteiger charge is 2.77. The first-order chi connectivity index (χ1) is 3.81. The van der Waals surface area contributed by atoms with Gasteiger partial charge < -0.3 is 10.5 Å². The molecule has 0 heterocycles. The molecule has 0 aliphatic heterocycles. The maximum atomic E-state index is 5.66. The molecule has 0 spiro atoms. The van der Waals surface area contributed by atoms with E-state index in [-0.39, 0.29) is 0 Å². The summed E-state index contributed by atoms with van der Waals surface area (Å²) in [6.07, 6.45) is 1.32. The van der Waals surface area contributed by atoms with Gasteiger partial charge in [-0.3, -0.25) is 0 Å². The summed E-state index contributed by atoms with van der Waals surface area (Å²) in [6.45, 7) is 0.888. The van der Waals surface area contributed by atoms with Crippen LogP contribution in [-0.2, 0) is 4.74 Å². The van der Waals surface area contributed by atoms with Gasteiger partial charge in [0.25, 0.3) is 0 Å². The largest absolute Gasteiger partial charge is 0.384 e. The smallest absolute Gasteiger partial charge is 0.0536 e. The van der Waals surface area contributed by atoms with Gasteiger partial charge in [-0.05, 0) is 12.3 Å². The Kier molecular flexibility index (Phi) is 0.649. The van der Waals surface area contributed by atoms with Crippen molar-refractivity contribution in [3.05, 3.63) is 0 Å². The minimum Gasteiger partial charge on any atom is -0.384 e. The van der Waals surface area contributed by atoms with Gasteiger partial charge in [0.05, 0.1) is 6.61 Å². The highest BCUT2D eigenvalue weighted by molar-refractivity contribution is 5.29. The molecule has 2 N–H and O–H groups in total. The molecule has 0 aromatic rings. The second-order valence-corrected chi connectivity index (χ2v) is 3.00. The molecule has 0 bridgehead atoms. The predicted octanol–water partition coefficient (Wildman–Crippen LogP) is -0.0200. The van der Waals surface area contributed by atoms with Crippen LogP contribution in [0.4, 0.5) is 0 Å². The van der Waals surface area contributed by atoms with E-state index >= 15 is 0 Å². The fourth-order valence-corrected chi connectivity index (χ4v) is 1.60. The van der Waals surface area contributed by atoms with Gasteiger partial charge in [0.1, 0.15) is 0 Å². The number of rotatable bonds is 2. The molecule has 2 heteroatoms. The topological polar surface area (TPSA) is 35.2 Å². The lowest BCUT2D eigenvalue weighted by Gasteiger charge is -2.03. The van der Waals surface area contributed by atoms with Crippen LogP contribution in [0.5, 0.6) is 0 Å². The van der Waals surface area contributed by atoms with Crippen molar-refractivity contribution in [3.8, 4) is 0 Å². The van der Waals surface area contributed by atoms with E-state index in [2.05, 4.69) is 0 Å². The second kappa shape index (κ2) is 1.09. The number of hydrogen-bond acceptors (Lipinski definition) is 2. The predicted molar refractivity (Wildman–Crippen MR) is 30.4 cm³/mol. The van der Waals surface area contributed by atoms with Crippen molar-refractivity contribution < 1.29 is 4.74 Å². The number of nitrogens with two attached hydrogens (primary N) is 1. The van der Waals surface area contributed by atoms with E-state index in [1.54, 1.807) is 7.11 Å². The molecule has 0 aromatic carbocycles. The van der Waals surface area contributed by atoms with E-state index in [0.29, 0.717) is 11.5 Å². The Bertz CT molecular complexity index is 120. The van der Waals surface area contributed by atoms with Gasteiger partial charge in [-0.15, -0.1) is 0 Å². The average Bonchev–Trinajstić information content (AvgIpc) is 2.55. The molecule has 8 heavy (non-hydrogen) atoms. The van der Waals surface area contributed by atoms with Crippen molar-refractivity contribution in [3.63, 3.8) is 0 Å². The van der Waals surface area contributed by atoms with Crippen LogP contribution in [0.1, 0.15) is 6.42 Å². The van der Waals surface area contributed by atoms with Crippen molar-refractivity contribution in [2.24, 2.45) is 17.1 Å². The number of ether oxygens (including phenoxy) is 1. The lowest BCUT2D eigenvalue weighted by molar-refractivity contribution is 0.161. The summed E-state index contributed by atoms with van der Waals surface area (Å²) in [5.74, 6) is 0.836. The molecule has 2 nitrogen and oxygen atoms in total. The van der Waals surface area contributed by atoms with Crippen molar-refractivity contribution >= 4 is 0 Å². The van der Waals surface area contributed by atoms with Crippen LogP contribution in [-0.4, -0.2) is 19.8 Å². The molecule has 2 aliphatic carbocycles. The van der Waals surface area contributed by atoms with Crippen molar-refractivity contribution in [2.75, 3.05) is 13.7 Å². The van der Waals surface area contributed by atoms with Crippen LogP contribution < -0.4 is 5.73 Å². The molecule has 2 aliphatic rings. The lowest BCUT2D eigenvalue weighted by Crippen LogP contribution is -2.18. The maximum Gasteiger partial charge on any atom is 0.0536 e. The highest BCUT2D eigenvalue weighted by Crippen LogP contribution is 2.73. The zero-order chi connectivity index (χ0) is 5.78. The summed E-state index contributed by atoms with van der Waals surface area (Å²) in [7, 11) is 1.75. The number of hydrogen-bond donors (Lipinski definition) is 1. The average molecular weight is 113 g/mol. The summed E-state index contributed by atoms with van der Waals surface area (Å²) in [6, 6.07) is 0.488. The van der Waals surface area contributed by atoms with E-state index in [4.69, 9.17) is 10.5 Å². The van der Waals surface area contributed by atoms with Crippen LogP contribution in [0.2, 0.25) is 0 Å². The van der Waals surface area contributed by atoms with E-state index < -0.39 is 0 Å². The van der Waals surface area contributed by atoms with Crippen molar-refractivity contribution in [1.82, 2.24) is 0 Å². The standard InChI is InChI=1S/C6H11NO/c1-8-3-6-2-4(6)5(6)7/h4-5H,2-3,7H2,1H3. The fraction of sp³-hybridized carbons (Fsp3) is 1.00. The summed E-state index contributed by atoms with van der Waals surface area (Å²) in [4.78, 5) is 0. The SMILES string of the molecule is COCC12CC1C2N. The number of methoxy groups -OCH3 is 1. The summed E-state index contributed by atoms with van der Waals surface area (Å²) in [5, 5.41) is 0. The Hall–Kier alpha value is -0.0800. The van der Waals surface area contributed by atoms with Crippen LogP contribution in [0.25, 0.3) is 0 Å². The van der Waals surface area contributed by atoms with E-state index in [1.165, 1.54) is 6.42 Å². The quantitative estimate of drug-likeness (QED) is 0.546. The Morgan fingerprint density at radius 2 is 2.50 bits per heavy atom. The minimum atomic E-state index is 0.481. The van der Waals surface area contributed by atoms with Gasteiger partial charge in [0.15, 0.2) is 0 Å². The molecule has 0 aromatic heterocycles. The first kappa shape index (κ1) is 4.77. The maximum absolute atomic E-state index is 5.66. The van der Waals surface area contributed by atoms with Crippen LogP contribution in [0.3, 0.4) is 0 Å². The molecular formula is C6H11NO. The van der Waals surface area contributed by atoms with Gasteiger partial charge in [-0.2, -0.15) is 0 Å². The summed E-state index contributed by atoms with van der Waals surface area (Å²) >= 11 is 0. The molecule has 2 fully saturated rings. The first-order valence-electron chi connectivity index (χ1n) is 3.06. The second-order valence-electron chi connectivity index (χ2n) is 3.00. The van der Waals surface area contributed by atoms with Gasteiger partial charge >= 0.3 is 0 Å². The van der Waals surface area contributed by atoms with E-state index in [0.717, 1.165) is 12.5 Å².